The summed E-state index contributed by atoms with van der Waals surface area (Å²) in [4.78, 5) is 24.9. The van der Waals surface area contributed by atoms with Gasteiger partial charge in [0.05, 0.1) is 23.7 Å². The van der Waals surface area contributed by atoms with Crippen LogP contribution in [0.25, 0.3) is 11.8 Å². The van der Waals surface area contributed by atoms with E-state index in [2.05, 4.69) is 54.9 Å². The molecule has 0 amide bonds. The Labute approximate surface area is 247 Å². The van der Waals surface area contributed by atoms with Crippen molar-refractivity contribution < 1.29 is 24.5 Å². The zero-order valence-electron chi connectivity index (χ0n) is 25.3. The molecule has 42 heavy (non-hydrogen) atoms. The number of esters is 1. The minimum atomic E-state index is -1.67. The van der Waals surface area contributed by atoms with E-state index in [1.54, 1.807) is 0 Å². The molecule has 2 aromatic rings. The number of benzene rings is 1. The third-order valence-electron chi connectivity index (χ3n) is 11.9. The first-order valence-corrected chi connectivity index (χ1v) is 15.5. The van der Waals surface area contributed by atoms with Crippen molar-refractivity contribution in [3.05, 3.63) is 64.5 Å². The number of carbonyl (C=O) groups excluding carboxylic acids is 2. The molecule has 0 radical (unpaired) electrons. The lowest BCUT2D eigenvalue weighted by atomic mass is 9.46. The van der Waals surface area contributed by atoms with Crippen LogP contribution in [-0.4, -0.2) is 50.1 Å². The minimum absolute atomic E-state index is 0.00530. The molecule has 5 aliphatic carbocycles. The van der Waals surface area contributed by atoms with Crippen LogP contribution in [0.3, 0.4) is 0 Å². The van der Waals surface area contributed by atoms with Gasteiger partial charge in [0.2, 0.25) is 5.78 Å². The summed E-state index contributed by atoms with van der Waals surface area (Å²) < 4.78 is 7.11. The van der Waals surface area contributed by atoms with Crippen LogP contribution in [0, 0.1) is 34.5 Å². The van der Waals surface area contributed by atoms with Crippen LogP contribution in [0.5, 0.6) is 0 Å². The molecule has 7 rings (SSSR count). The van der Waals surface area contributed by atoms with Crippen molar-refractivity contribution in [2.75, 3.05) is 6.61 Å². The zero-order valence-corrected chi connectivity index (χ0v) is 25.3. The second-order valence-corrected chi connectivity index (χ2v) is 14.3. The molecular formula is C35H42N2O5. The van der Waals surface area contributed by atoms with E-state index < -0.39 is 35.5 Å². The molecule has 1 aromatic heterocycles. The largest absolute Gasteiger partial charge is 0.458 e. The Morgan fingerprint density at radius 1 is 1.21 bits per heavy atom. The van der Waals surface area contributed by atoms with Crippen LogP contribution in [0.2, 0.25) is 0 Å². The molecule has 8 unspecified atom stereocenters. The minimum Gasteiger partial charge on any atom is -0.458 e. The Morgan fingerprint density at radius 3 is 2.69 bits per heavy atom. The number of hydrogen-bond donors (Lipinski definition) is 2. The Hall–Kier alpha value is -3.03. The van der Waals surface area contributed by atoms with Gasteiger partial charge in [-0.2, -0.15) is 5.10 Å². The van der Waals surface area contributed by atoms with E-state index in [4.69, 9.17) is 9.84 Å². The second-order valence-electron chi connectivity index (χ2n) is 14.3. The van der Waals surface area contributed by atoms with E-state index in [0.717, 1.165) is 17.8 Å². The number of Topliss-reactive ketones (excluding diaryl/α,β-unsaturated/α-hetero) is 1. The van der Waals surface area contributed by atoms with Crippen molar-refractivity contribution in [3.63, 3.8) is 0 Å². The number of aliphatic hydroxyl groups excluding tert-OH is 1. The molecule has 3 saturated carbocycles. The van der Waals surface area contributed by atoms with Crippen LogP contribution in [0.1, 0.15) is 83.0 Å². The molecule has 0 saturated heterocycles. The summed E-state index contributed by atoms with van der Waals surface area (Å²) in [6.45, 7) is 9.14. The van der Waals surface area contributed by atoms with Gasteiger partial charge in [0.25, 0.3) is 0 Å². The molecule has 3 fully saturated rings. The Kier molecular flexibility index (Phi) is 6.11. The van der Waals surface area contributed by atoms with Crippen LogP contribution in [-0.2, 0) is 20.7 Å². The molecule has 0 aliphatic heterocycles. The summed E-state index contributed by atoms with van der Waals surface area (Å²) in [5, 5.41) is 28.9. The highest BCUT2D eigenvalue weighted by molar-refractivity contribution is 5.91. The van der Waals surface area contributed by atoms with Crippen molar-refractivity contribution >= 4 is 17.8 Å². The van der Waals surface area contributed by atoms with E-state index in [9.17, 15) is 19.8 Å². The second kappa shape index (κ2) is 9.23. The lowest BCUT2D eigenvalue weighted by Gasteiger charge is -2.59. The maximum absolute atomic E-state index is 13.4. The number of aromatic nitrogens is 2. The van der Waals surface area contributed by atoms with Crippen molar-refractivity contribution in [2.45, 2.75) is 84.3 Å². The number of fused-ring (bicyclic) bond motifs is 6. The number of allylic oxidation sites excluding steroid dienone is 3. The summed E-state index contributed by atoms with van der Waals surface area (Å²) >= 11 is 0. The third-order valence-corrected chi connectivity index (χ3v) is 11.9. The van der Waals surface area contributed by atoms with Gasteiger partial charge in [0.1, 0.15) is 5.60 Å². The van der Waals surface area contributed by atoms with Gasteiger partial charge in [-0.3, -0.25) is 9.59 Å². The molecule has 5 aliphatic rings. The molecule has 0 spiro atoms. The number of rotatable bonds is 5. The Bertz CT molecular complexity index is 1550. The van der Waals surface area contributed by atoms with Crippen LogP contribution >= 0.6 is 0 Å². The lowest BCUT2D eigenvalue weighted by Crippen LogP contribution is -2.62. The molecule has 2 N–H and O–H groups in total. The SMILES string of the molecule is CC(=O)OCC(=O)C1(O)C(C)CC2C3C=C(C)C4=Cc5c(cnn5-c5cccc(C6CC6)c5)CC4(C)C3C(O)CC21C. The average molecular weight is 571 g/mol. The molecule has 1 heterocycles. The zero-order chi connectivity index (χ0) is 29.8. The number of ether oxygens (including phenoxy) is 1. The number of ketones is 1. The van der Waals surface area contributed by atoms with Gasteiger partial charge in [0, 0.05) is 23.7 Å². The van der Waals surface area contributed by atoms with E-state index in [-0.39, 0.29) is 29.1 Å². The first-order valence-electron chi connectivity index (χ1n) is 15.5. The standard InChI is InChI=1S/C35H42N2O5/c1-19-11-26-28-12-20(2)35(41,31(40)18-42-21(3)38)34(28,5)16-30(39)32(26)33(4)15-24-17-36-37(29(24)14-27(19)33)25-8-6-7-23(13-25)22-9-10-22/h6-8,11,13-14,17,20,22,26,28,30,32,39,41H,9-10,12,15-16,18H2,1-5H3. The van der Waals surface area contributed by atoms with E-state index in [0.29, 0.717) is 18.8 Å². The van der Waals surface area contributed by atoms with Crippen molar-refractivity contribution in [1.82, 2.24) is 9.78 Å². The molecule has 222 valence electrons. The predicted octanol–water partition coefficient (Wildman–Crippen LogP) is 5.18. The molecule has 7 nitrogen and oxygen atoms in total. The summed E-state index contributed by atoms with van der Waals surface area (Å²) in [6, 6.07) is 8.74. The lowest BCUT2D eigenvalue weighted by molar-refractivity contribution is -0.182. The smallest absolute Gasteiger partial charge is 0.303 e. The number of carbonyl (C=O) groups is 2. The maximum Gasteiger partial charge on any atom is 0.303 e. The fraction of sp³-hybridized carbons (Fsp3) is 0.571. The Morgan fingerprint density at radius 2 is 1.98 bits per heavy atom. The van der Waals surface area contributed by atoms with Gasteiger partial charge in [-0.1, -0.05) is 44.6 Å². The first kappa shape index (κ1) is 27.8. The Balaban J connectivity index is 1.27. The summed E-state index contributed by atoms with van der Waals surface area (Å²) in [5.74, 6) is -0.701. The predicted molar refractivity (Wildman–Crippen MR) is 159 cm³/mol. The van der Waals surface area contributed by atoms with Gasteiger partial charge in [0.15, 0.2) is 6.61 Å². The van der Waals surface area contributed by atoms with Gasteiger partial charge >= 0.3 is 5.97 Å². The fourth-order valence-electron chi connectivity index (χ4n) is 9.80. The fourth-order valence-corrected chi connectivity index (χ4v) is 9.80. The highest BCUT2D eigenvalue weighted by atomic mass is 16.5. The normalized spacial score (nSPS) is 38.4. The van der Waals surface area contributed by atoms with Gasteiger partial charge < -0.3 is 14.9 Å². The number of hydrogen-bond acceptors (Lipinski definition) is 6. The molecular weight excluding hydrogens is 528 g/mol. The summed E-state index contributed by atoms with van der Waals surface area (Å²) in [7, 11) is 0. The third kappa shape index (κ3) is 3.75. The number of aliphatic hydroxyl groups is 2. The highest BCUT2D eigenvalue weighted by Gasteiger charge is 2.70. The van der Waals surface area contributed by atoms with Crippen molar-refractivity contribution in [1.29, 1.82) is 0 Å². The molecule has 0 bridgehead atoms. The van der Waals surface area contributed by atoms with Gasteiger partial charge in [-0.15, -0.1) is 0 Å². The average Bonchev–Trinajstić information content (AvgIpc) is 3.68. The molecule has 7 heteroatoms. The number of nitrogens with zero attached hydrogens (tertiary/aromatic N) is 2. The summed E-state index contributed by atoms with van der Waals surface area (Å²) in [6.07, 6.45) is 10.2. The highest BCUT2D eigenvalue weighted by Crippen LogP contribution is 2.68. The molecule has 1 aromatic carbocycles. The van der Waals surface area contributed by atoms with Crippen molar-refractivity contribution in [3.8, 4) is 5.69 Å². The monoisotopic (exact) mass is 570 g/mol. The molecule has 8 atom stereocenters. The van der Waals surface area contributed by atoms with Crippen LogP contribution < -0.4 is 0 Å². The van der Waals surface area contributed by atoms with Gasteiger partial charge in [-0.05, 0) is 97.6 Å². The van der Waals surface area contributed by atoms with E-state index in [1.807, 2.05) is 20.0 Å². The summed E-state index contributed by atoms with van der Waals surface area (Å²) in [5.41, 5.74) is 4.36. The quantitative estimate of drug-likeness (QED) is 0.481. The van der Waals surface area contributed by atoms with Crippen LogP contribution in [0.15, 0.2) is 47.7 Å². The van der Waals surface area contributed by atoms with Crippen molar-refractivity contribution in [2.24, 2.45) is 34.5 Å². The topological polar surface area (TPSA) is 102 Å². The van der Waals surface area contributed by atoms with Gasteiger partial charge in [-0.25, -0.2) is 4.68 Å². The van der Waals surface area contributed by atoms with E-state index >= 15 is 0 Å². The maximum atomic E-state index is 13.4. The first-order chi connectivity index (χ1) is 19.9. The van der Waals surface area contributed by atoms with Crippen LogP contribution in [0.4, 0.5) is 0 Å². The van der Waals surface area contributed by atoms with E-state index in [1.165, 1.54) is 42.0 Å².